The van der Waals surface area contributed by atoms with Gasteiger partial charge in [-0.25, -0.2) is 0 Å². The zero-order valence-corrected chi connectivity index (χ0v) is 16.7. The Morgan fingerprint density at radius 3 is 1.90 bits per heavy atom. The lowest BCUT2D eigenvalue weighted by Gasteiger charge is -2.12. The number of nitrogens with zero attached hydrogens (tertiary/aromatic N) is 1. The Morgan fingerprint density at radius 2 is 1.20 bits per heavy atom. The van der Waals surface area contributed by atoms with E-state index >= 15 is 0 Å². The lowest BCUT2D eigenvalue weighted by atomic mass is 9.92. The Balaban J connectivity index is 1.60. The quantitative estimate of drug-likeness (QED) is 0.275. The molecule has 5 aromatic carbocycles. The van der Waals surface area contributed by atoms with Crippen LogP contribution in [0.1, 0.15) is 11.1 Å². The summed E-state index contributed by atoms with van der Waals surface area (Å²) in [6, 6.07) is 35.2. The van der Waals surface area contributed by atoms with E-state index in [0.29, 0.717) is 0 Å². The molecule has 0 aliphatic rings. The summed E-state index contributed by atoms with van der Waals surface area (Å²) in [4.78, 5) is 0. The maximum Gasteiger partial charge on any atom is 0.0534 e. The van der Waals surface area contributed by atoms with E-state index in [9.17, 15) is 0 Å². The third-order valence-electron chi connectivity index (χ3n) is 6.22. The molecule has 0 fully saturated rings. The molecular formula is C29H21N. The zero-order chi connectivity index (χ0) is 20.1. The van der Waals surface area contributed by atoms with Gasteiger partial charge in [-0.05, 0) is 63.4 Å². The molecule has 0 N–H and O–H groups in total. The van der Waals surface area contributed by atoms with Gasteiger partial charge in [-0.1, -0.05) is 79.4 Å². The average Bonchev–Trinajstić information content (AvgIpc) is 3.12. The summed E-state index contributed by atoms with van der Waals surface area (Å²) >= 11 is 0. The van der Waals surface area contributed by atoms with Crippen molar-refractivity contribution >= 4 is 49.6 Å². The van der Waals surface area contributed by atoms with Gasteiger partial charge in [0, 0.05) is 17.0 Å². The molecule has 0 atom stereocenters. The van der Waals surface area contributed by atoms with Crippen LogP contribution in [-0.4, -0.2) is 4.57 Å². The highest BCUT2D eigenvalue weighted by molar-refractivity contribution is 6.09. The lowest BCUT2D eigenvalue weighted by Crippen LogP contribution is -1.93. The molecule has 0 saturated carbocycles. The monoisotopic (exact) mass is 383 g/mol. The van der Waals surface area contributed by atoms with Crippen LogP contribution in [0.15, 0.2) is 104 Å². The molecule has 142 valence electrons. The van der Waals surface area contributed by atoms with Gasteiger partial charge in [-0.2, -0.15) is 0 Å². The molecule has 1 heterocycles. The van der Waals surface area contributed by atoms with Crippen LogP contribution >= 0.6 is 0 Å². The largest absolute Gasteiger partial charge is 0.317 e. The minimum atomic E-state index is 0.908. The first-order valence-corrected chi connectivity index (χ1v) is 10.4. The molecule has 1 aromatic heterocycles. The number of aromatic nitrogens is 1. The summed E-state index contributed by atoms with van der Waals surface area (Å²) in [7, 11) is 0. The number of rotatable bonds is 3. The Kier molecular flexibility index (Phi) is 3.75. The van der Waals surface area contributed by atoms with Crippen molar-refractivity contribution < 1.29 is 0 Å². The van der Waals surface area contributed by atoms with Crippen molar-refractivity contribution in [1.82, 2.24) is 4.57 Å². The maximum atomic E-state index is 4.02. The predicted molar refractivity (Wildman–Crippen MR) is 130 cm³/mol. The first-order valence-electron chi connectivity index (χ1n) is 10.4. The van der Waals surface area contributed by atoms with E-state index in [1.807, 2.05) is 6.20 Å². The van der Waals surface area contributed by atoms with Crippen molar-refractivity contribution in [3.8, 4) is 0 Å². The predicted octanol–water partition coefficient (Wildman–Crippen LogP) is 7.79. The number of hydrogen-bond donors (Lipinski definition) is 0. The fourth-order valence-electron chi connectivity index (χ4n) is 4.86. The molecule has 0 aliphatic heterocycles. The Hall–Kier alpha value is -3.84. The van der Waals surface area contributed by atoms with Gasteiger partial charge in [0.2, 0.25) is 0 Å². The maximum absolute atomic E-state index is 4.02. The van der Waals surface area contributed by atoms with E-state index in [1.165, 1.54) is 54.5 Å². The number of fused-ring (bicyclic) bond motifs is 5. The SMILES string of the molecule is C=Cn1c2ccccc2c2cc(Cc3c4ccccc4cc4ccccc34)ccc21. The van der Waals surface area contributed by atoms with E-state index in [4.69, 9.17) is 0 Å². The summed E-state index contributed by atoms with van der Waals surface area (Å²) < 4.78 is 2.18. The van der Waals surface area contributed by atoms with Crippen LogP contribution in [-0.2, 0) is 6.42 Å². The third kappa shape index (κ3) is 2.49. The molecule has 0 spiro atoms. The van der Waals surface area contributed by atoms with Gasteiger partial charge in [0.25, 0.3) is 0 Å². The second-order valence-corrected chi connectivity index (χ2v) is 7.90. The van der Waals surface area contributed by atoms with E-state index in [0.717, 1.165) is 6.42 Å². The van der Waals surface area contributed by atoms with E-state index in [-0.39, 0.29) is 0 Å². The summed E-state index contributed by atoms with van der Waals surface area (Å²) in [5, 5.41) is 7.84. The van der Waals surface area contributed by atoms with Gasteiger partial charge >= 0.3 is 0 Å². The minimum absolute atomic E-state index is 0.908. The third-order valence-corrected chi connectivity index (χ3v) is 6.22. The van der Waals surface area contributed by atoms with Gasteiger partial charge in [-0.15, -0.1) is 0 Å². The molecule has 30 heavy (non-hydrogen) atoms. The Morgan fingerprint density at radius 1 is 0.600 bits per heavy atom. The first-order chi connectivity index (χ1) is 14.8. The number of hydrogen-bond acceptors (Lipinski definition) is 0. The highest BCUT2D eigenvalue weighted by Gasteiger charge is 2.12. The Bertz CT molecular complexity index is 1530. The molecule has 0 unspecified atom stereocenters. The second-order valence-electron chi connectivity index (χ2n) is 7.90. The van der Waals surface area contributed by atoms with Crippen molar-refractivity contribution in [2.24, 2.45) is 0 Å². The Labute approximate surface area is 175 Å². The van der Waals surface area contributed by atoms with Crippen LogP contribution in [0.2, 0.25) is 0 Å². The fraction of sp³-hybridized carbons (Fsp3) is 0.0345. The molecule has 1 nitrogen and oxygen atoms in total. The van der Waals surface area contributed by atoms with Crippen molar-refractivity contribution in [2.45, 2.75) is 6.42 Å². The summed E-state index contributed by atoms with van der Waals surface area (Å²) in [6.45, 7) is 4.02. The van der Waals surface area contributed by atoms with E-state index < -0.39 is 0 Å². The summed E-state index contributed by atoms with van der Waals surface area (Å²) in [5.74, 6) is 0. The van der Waals surface area contributed by atoms with Crippen molar-refractivity contribution in [3.05, 3.63) is 115 Å². The van der Waals surface area contributed by atoms with Crippen LogP contribution in [0.5, 0.6) is 0 Å². The molecule has 6 aromatic rings. The van der Waals surface area contributed by atoms with Crippen LogP contribution in [0.25, 0.3) is 49.6 Å². The molecule has 0 bridgehead atoms. The van der Waals surface area contributed by atoms with Gasteiger partial charge in [-0.3, -0.25) is 0 Å². The minimum Gasteiger partial charge on any atom is -0.317 e. The van der Waals surface area contributed by atoms with Crippen LogP contribution in [0.4, 0.5) is 0 Å². The highest BCUT2D eigenvalue weighted by atomic mass is 14.9. The standard InChI is InChI=1S/C29H21N/c1-2-30-28-14-8-7-13-25(28)27-18-20(15-16-29(27)30)17-26-23-11-5-3-9-21(23)19-22-10-4-6-12-24(22)26/h2-16,18-19H,1,17H2. The second kappa shape index (κ2) is 6.60. The van der Waals surface area contributed by atoms with Gasteiger partial charge in [0.1, 0.15) is 0 Å². The van der Waals surface area contributed by atoms with Crippen molar-refractivity contribution in [3.63, 3.8) is 0 Å². The summed E-state index contributed by atoms with van der Waals surface area (Å²) in [6.07, 6.45) is 2.81. The summed E-state index contributed by atoms with van der Waals surface area (Å²) in [5.41, 5.74) is 5.14. The van der Waals surface area contributed by atoms with Crippen molar-refractivity contribution in [1.29, 1.82) is 0 Å². The van der Waals surface area contributed by atoms with E-state index in [2.05, 4.69) is 108 Å². The molecule has 6 rings (SSSR count). The van der Waals surface area contributed by atoms with Crippen LogP contribution < -0.4 is 0 Å². The molecule has 0 saturated heterocycles. The molecule has 0 aliphatic carbocycles. The van der Waals surface area contributed by atoms with Crippen LogP contribution in [0, 0.1) is 0 Å². The number of para-hydroxylation sites is 1. The molecule has 1 heteroatoms. The topological polar surface area (TPSA) is 4.93 Å². The fourth-order valence-corrected chi connectivity index (χ4v) is 4.86. The molecule has 0 radical (unpaired) electrons. The average molecular weight is 383 g/mol. The van der Waals surface area contributed by atoms with Gasteiger partial charge in [0.05, 0.1) is 11.0 Å². The van der Waals surface area contributed by atoms with E-state index in [1.54, 1.807) is 0 Å². The van der Waals surface area contributed by atoms with Gasteiger partial charge in [0.15, 0.2) is 0 Å². The lowest BCUT2D eigenvalue weighted by molar-refractivity contribution is 1.23. The molecule has 0 amide bonds. The first kappa shape index (κ1) is 17.1. The number of benzene rings is 5. The van der Waals surface area contributed by atoms with Gasteiger partial charge < -0.3 is 4.57 Å². The zero-order valence-electron chi connectivity index (χ0n) is 16.7. The van der Waals surface area contributed by atoms with Crippen LogP contribution in [0.3, 0.4) is 0 Å². The highest BCUT2D eigenvalue weighted by Crippen LogP contribution is 2.33. The normalized spacial score (nSPS) is 11.6. The smallest absolute Gasteiger partial charge is 0.0534 e. The molecular weight excluding hydrogens is 362 g/mol. The van der Waals surface area contributed by atoms with Crippen molar-refractivity contribution in [2.75, 3.05) is 0 Å².